The molecule has 0 fully saturated rings. The molecule has 100 valence electrons. The number of hydrogen-bond donors (Lipinski definition) is 1. The molecule has 1 heterocycles. The van der Waals surface area contributed by atoms with Gasteiger partial charge in [0.1, 0.15) is 11.0 Å². The molecule has 0 aliphatic heterocycles. The monoisotopic (exact) mass is 332 g/mol. The van der Waals surface area contributed by atoms with E-state index in [-0.39, 0.29) is 17.2 Å². The molecule has 0 saturated heterocycles. The highest BCUT2D eigenvalue weighted by Gasteiger charge is 2.29. The largest absolute Gasteiger partial charge is 0.598 e. The van der Waals surface area contributed by atoms with Gasteiger partial charge in [0, 0.05) is 34.6 Å². The van der Waals surface area contributed by atoms with E-state index in [1.54, 1.807) is 12.4 Å². The summed E-state index contributed by atoms with van der Waals surface area (Å²) >= 11 is 2.10. The molecule has 18 heavy (non-hydrogen) atoms. The molecule has 6 heteroatoms. The molecule has 0 aromatic carbocycles. The molecular formula is C12H17BrN2O2S. The van der Waals surface area contributed by atoms with Crippen LogP contribution in [0.2, 0.25) is 0 Å². The standard InChI is InChI=1S/C12H17BrN2O2S/c1-12(2,3)18(17)15-11(4-5-16)9-6-10(13)8-14-7-9/h5-8,11,15H,4H2,1-3H3/t11-,18-/m1/s1. The first kappa shape index (κ1) is 15.6. The van der Waals surface area contributed by atoms with Crippen LogP contribution in [0, 0.1) is 0 Å². The Morgan fingerprint density at radius 2 is 2.22 bits per heavy atom. The van der Waals surface area contributed by atoms with Crippen molar-refractivity contribution in [1.29, 1.82) is 0 Å². The summed E-state index contributed by atoms with van der Waals surface area (Å²) in [5.74, 6) is 0. The van der Waals surface area contributed by atoms with E-state index < -0.39 is 11.4 Å². The average Bonchev–Trinajstić information content (AvgIpc) is 2.27. The minimum atomic E-state index is -1.23. The van der Waals surface area contributed by atoms with Crippen molar-refractivity contribution < 1.29 is 9.35 Å². The molecule has 0 spiro atoms. The van der Waals surface area contributed by atoms with Crippen molar-refractivity contribution in [1.82, 2.24) is 9.71 Å². The molecule has 0 bridgehead atoms. The van der Waals surface area contributed by atoms with Crippen molar-refractivity contribution in [2.75, 3.05) is 0 Å². The lowest BCUT2D eigenvalue weighted by Crippen LogP contribution is -2.41. The number of carbonyl (C=O) groups is 1. The predicted octanol–water partition coefficient (Wildman–Crippen LogP) is 2.53. The van der Waals surface area contributed by atoms with Gasteiger partial charge in [0.05, 0.1) is 6.04 Å². The summed E-state index contributed by atoms with van der Waals surface area (Å²) in [6, 6.07) is 1.58. The summed E-state index contributed by atoms with van der Waals surface area (Å²) in [6.45, 7) is 5.65. The summed E-state index contributed by atoms with van der Waals surface area (Å²) in [6.07, 6.45) is 4.42. The van der Waals surface area contributed by atoms with Gasteiger partial charge in [0.2, 0.25) is 0 Å². The highest BCUT2D eigenvalue weighted by Crippen LogP contribution is 2.23. The zero-order valence-electron chi connectivity index (χ0n) is 10.6. The number of rotatable bonds is 5. The Balaban J connectivity index is 2.86. The van der Waals surface area contributed by atoms with E-state index in [4.69, 9.17) is 0 Å². The molecule has 4 nitrogen and oxygen atoms in total. The maximum atomic E-state index is 12.1. The minimum Gasteiger partial charge on any atom is -0.598 e. The summed E-state index contributed by atoms with van der Waals surface area (Å²) < 4.78 is 15.5. The van der Waals surface area contributed by atoms with E-state index in [2.05, 4.69) is 25.6 Å². The van der Waals surface area contributed by atoms with Gasteiger partial charge in [-0.05, 0) is 48.3 Å². The van der Waals surface area contributed by atoms with Gasteiger partial charge in [0.15, 0.2) is 0 Å². The topological polar surface area (TPSA) is 65.0 Å². The van der Waals surface area contributed by atoms with E-state index >= 15 is 0 Å². The second kappa shape index (κ2) is 6.65. The number of nitrogens with one attached hydrogen (secondary N) is 1. The number of nitrogens with zero attached hydrogens (tertiary/aromatic N) is 1. The first-order valence-corrected chi connectivity index (χ1v) is 7.51. The van der Waals surface area contributed by atoms with E-state index in [0.29, 0.717) is 0 Å². The second-order valence-electron chi connectivity index (χ2n) is 4.89. The van der Waals surface area contributed by atoms with Crippen LogP contribution < -0.4 is 4.72 Å². The van der Waals surface area contributed by atoms with Crippen molar-refractivity contribution in [2.45, 2.75) is 38.0 Å². The third-order valence-electron chi connectivity index (χ3n) is 2.27. The lowest BCUT2D eigenvalue weighted by molar-refractivity contribution is -0.108. The summed E-state index contributed by atoms with van der Waals surface area (Å²) in [5, 5.41) is 0. The van der Waals surface area contributed by atoms with Crippen LogP contribution in [-0.4, -0.2) is 20.6 Å². The molecule has 2 atom stereocenters. The fourth-order valence-corrected chi connectivity index (χ4v) is 2.50. The highest BCUT2D eigenvalue weighted by atomic mass is 79.9. The smallest absolute Gasteiger partial charge is 0.136 e. The predicted molar refractivity (Wildman–Crippen MR) is 76.4 cm³/mol. The molecule has 0 radical (unpaired) electrons. The molecule has 1 aromatic heterocycles. The van der Waals surface area contributed by atoms with E-state index in [1.807, 2.05) is 26.8 Å². The van der Waals surface area contributed by atoms with Crippen molar-refractivity contribution in [2.24, 2.45) is 0 Å². The second-order valence-corrected chi connectivity index (χ2v) is 7.80. The van der Waals surface area contributed by atoms with E-state index in [9.17, 15) is 9.35 Å². The van der Waals surface area contributed by atoms with Gasteiger partial charge in [-0.2, -0.15) is 0 Å². The number of aromatic nitrogens is 1. The molecular weight excluding hydrogens is 316 g/mol. The van der Waals surface area contributed by atoms with Crippen molar-refractivity contribution in [3.05, 3.63) is 28.5 Å². The Morgan fingerprint density at radius 1 is 1.56 bits per heavy atom. The molecule has 0 aliphatic rings. The van der Waals surface area contributed by atoms with Crippen LogP contribution in [-0.2, 0) is 16.2 Å². The van der Waals surface area contributed by atoms with Crippen molar-refractivity contribution >= 4 is 33.6 Å². The van der Waals surface area contributed by atoms with Crippen LogP contribution in [0.3, 0.4) is 0 Å². The van der Waals surface area contributed by atoms with Gasteiger partial charge < -0.3 is 9.35 Å². The first-order valence-electron chi connectivity index (χ1n) is 5.56. The highest BCUT2D eigenvalue weighted by molar-refractivity contribution is 9.10. The molecule has 0 amide bonds. The Hall–Kier alpha value is -0.430. The normalized spacial score (nSPS) is 15.2. The van der Waals surface area contributed by atoms with Crippen LogP contribution >= 0.6 is 15.9 Å². The summed E-state index contributed by atoms with van der Waals surface area (Å²) in [7, 11) is 0. The van der Waals surface area contributed by atoms with E-state index in [0.717, 1.165) is 16.3 Å². The molecule has 0 unspecified atom stereocenters. The SMILES string of the molecule is CC(C)(C)[S@@+]([O-])N[C@H](CC=O)c1cncc(Br)c1. The number of hydrogen-bond acceptors (Lipinski definition) is 4. The van der Waals surface area contributed by atoms with Gasteiger partial charge in [-0.3, -0.25) is 4.98 Å². The van der Waals surface area contributed by atoms with Gasteiger partial charge in [-0.15, -0.1) is 4.72 Å². The number of carbonyl (C=O) groups excluding carboxylic acids is 1. The Labute approximate surface area is 119 Å². The Bertz CT molecular complexity index is 409. The van der Waals surface area contributed by atoms with Gasteiger partial charge >= 0.3 is 0 Å². The van der Waals surface area contributed by atoms with E-state index in [1.165, 1.54) is 0 Å². The van der Waals surface area contributed by atoms with Gasteiger partial charge in [-0.1, -0.05) is 0 Å². The van der Waals surface area contributed by atoms with Gasteiger partial charge in [-0.25, -0.2) is 0 Å². The maximum absolute atomic E-state index is 12.1. The summed E-state index contributed by atoms with van der Waals surface area (Å²) in [4.78, 5) is 14.8. The van der Waals surface area contributed by atoms with Crippen LogP contribution in [0.1, 0.15) is 38.8 Å². The Morgan fingerprint density at radius 3 is 2.72 bits per heavy atom. The minimum absolute atomic E-state index is 0.264. The lowest BCUT2D eigenvalue weighted by atomic mass is 10.1. The lowest BCUT2D eigenvalue weighted by Gasteiger charge is -2.27. The molecule has 0 aliphatic carbocycles. The number of pyridine rings is 1. The van der Waals surface area contributed by atoms with Crippen LogP contribution in [0.5, 0.6) is 0 Å². The van der Waals surface area contributed by atoms with Crippen molar-refractivity contribution in [3.63, 3.8) is 0 Å². The van der Waals surface area contributed by atoms with Crippen molar-refractivity contribution in [3.8, 4) is 0 Å². The average molecular weight is 333 g/mol. The molecule has 1 N–H and O–H groups in total. The zero-order valence-corrected chi connectivity index (χ0v) is 13.0. The fraction of sp³-hybridized carbons (Fsp3) is 0.500. The third kappa shape index (κ3) is 4.68. The zero-order chi connectivity index (χ0) is 13.8. The van der Waals surface area contributed by atoms with Crippen LogP contribution in [0.15, 0.2) is 22.9 Å². The third-order valence-corrected chi connectivity index (χ3v) is 4.31. The Kier molecular flexibility index (Phi) is 5.78. The molecule has 1 aromatic rings. The van der Waals surface area contributed by atoms with Gasteiger partial charge in [0.25, 0.3) is 0 Å². The fourth-order valence-electron chi connectivity index (χ4n) is 1.27. The maximum Gasteiger partial charge on any atom is 0.136 e. The number of aldehydes is 1. The number of halogens is 1. The molecule has 0 saturated carbocycles. The molecule has 1 rings (SSSR count). The van der Waals surface area contributed by atoms with Crippen LogP contribution in [0.4, 0.5) is 0 Å². The first-order chi connectivity index (χ1) is 8.34. The quantitative estimate of drug-likeness (QED) is 0.664. The van der Waals surface area contributed by atoms with Crippen LogP contribution in [0.25, 0.3) is 0 Å². The summed E-state index contributed by atoms with van der Waals surface area (Å²) in [5.41, 5.74) is 0.842.